The summed E-state index contributed by atoms with van der Waals surface area (Å²) in [7, 11) is -4.02. The summed E-state index contributed by atoms with van der Waals surface area (Å²) in [6.45, 7) is 0. The number of rotatable bonds is 6. The number of amides is 1. The van der Waals surface area contributed by atoms with Crippen molar-refractivity contribution < 1.29 is 13.2 Å². The summed E-state index contributed by atoms with van der Waals surface area (Å²) in [6.07, 6.45) is 3.07. The number of carbonyl (C=O) groups is 1. The summed E-state index contributed by atoms with van der Waals surface area (Å²) in [5, 5.41) is 5.56. The molecule has 150 valence electrons. The molecule has 7 nitrogen and oxygen atoms in total. The Kier molecular flexibility index (Phi) is 4.19. The average Bonchev–Trinajstić information content (AvgIpc) is 3.24. The zero-order valence-corrected chi connectivity index (χ0v) is 16.6. The Balaban J connectivity index is 1.65. The summed E-state index contributed by atoms with van der Waals surface area (Å²) in [4.78, 5) is 18.8. The van der Waals surface area contributed by atoms with Crippen LogP contribution in [-0.4, -0.2) is 30.3 Å². The largest absolute Gasteiger partial charge is 0.368 e. The lowest BCUT2D eigenvalue weighted by Crippen LogP contribution is -2.45. The van der Waals surface area contributed by atoms with Crippen molar-refractivity contribution in [1.82, 2.24) is 14.7 Å². The summed E-state index contributed by atoms with van der Waals surface area (Å²) in [6, 6.07) is 16.0. The molecule has 1 aromatic heterocycles. The van der Waals surface area contributed by atoms with Gasteiger partial charge in [0, 0.05) is 23.7 Å². The van der Waals surface area contributed by atoms with E-state index in [1.807, 2.05) is 42.5 Å². The maximum absolute atomic E-state index is 13.3. The van der Waals surface area contributed by atoms with Crippen LogP contribution in [0.25, 0.3) is 32.3 Å². The van der Waals surface area contributed by atoms with Gasteiger partial charge in [0.05, 0.1) is 11.2 Å². The first-order valence-electron chi connectivity index (χ1n) is 9.39. The van der Waals surface area contributed by atoms with Gasteiger partial charge >= 0.3 is 0 Å². The van der Waals surface area contributed by atoms with Crippen LogP contribution in [0.15, 0.2) is 72.0 Å². The SMILES string of the molecule is NC(=O)[C@H](Cc1cnc[nH]1)NS(=O)(=O)c1ccc2ccc3cccc4ccc1c2c34. The quantitative estimate of drug-likeness (QED) is 0.367. The van der Waals surface area contributed by atoms with Gasteiger partial charge in [0.25, 0.3) is 0 Å². The van der Waals surface area contributed by atoms with Crippen molar-refractivity contribution >= 4 is 48.2 Å². The zero-order chi connectivity index (χ0) is 20.9. The van der Waals surface area contributed by atoms with Gasteiger partial charge in [-0.25, -0.2) is 13.4 Å². The average molecular weight is 418 g/mol. The molecule has 5 aromatic rings. The number of imidazole rings is 1. The third-order valence-electron chi connectivity index (χ3n) is 5.40. The third kappa shape index (κ3) is 2.97. The van der Waals surface area contributed by atoms with Gasteiger partial charge in [0.15, 0.2) is 0 Å². The maximum Gasteiger partial charge on any atom is 0.241 e. The number of primary amides is 1. The number of aromatic amines is 1. The van der Waals surface area contributed by atoms with Crippen molar-refractivity contribution in [2.45, 2.75) is 17.4 Å². The fourth-order valence-electron chi connectivity index (χ4n) is 4.01. The molecule has 0 aliphatic rings. The molecule has 8 heteroatoms. The number of H-pyrrole nitrogens is 1. The van der Waals surface area contributed by atoms with Crippen molar-refractivity contribution in [3.8, 4) is 0 Å². The number of benzene rings is 4. The molecule has 5 rings (SSSR count). The van der Waals surface area contributed by atoms with E-state index >= 15 is 0 Å². The zero-order valence-electron chi connectivity index (χ0n) is 15.8. The van der Waals surface area contributed by atoms with Gasteiger partial charge in [0.2, 0.25) is 15.9 Å². The summed E-state index contributed by atoms with van der Waals surface area (Å²) >= 11 is 0. The number of aromatic nitrogens is 2. The monoisotopic (exact) mass is 418 g/mol. The highest BCUT2D eigenvalue weighted by atomic mass is 32.2. The topological polar surface area (TPSA) is 118 Å². The van der Waals surface area contributed by atoms with E-state index in [2.05, 4.69) is 14.7 Å². The van der Waals surface area contributed by atoms with E-state index in [9.17, 15) is 13.2 Å². The van der Waals surface area contributed by atoms with Gasteiger partial charge in [0.1, 0.15) is 6.04 Å². The van der Waals surface area contributed by atoms with Crippen LogP contribution in [0.5, 0.6) is 0 Å². The smallest absolute Gasteiger partial charge is 0.241 e. The third-order valence-corrected chi connectivity index (χ3v) is 6.93. The molecular weight excluding hydrogens is 400 g/mol. The van der Waals surface area contributed by atoms with Crippen LogP contribution in [0.4, 0.5) is 0 Å². The van der Waals surface area contributed by atoms with Crippen LogP contribution in [0.1, 0.15) is 5.69 Å². The Morgan fingerprint density at radius 3 is 2.33 bits per heavy atom. The Morgan fingerprint density at radius 2 is 1.67 bits per heavy atom. The van der Waals surface area contributed by atoms with Gasteiger partial charge in [-0.05, 0) is 33.0 Å². The predicted octanol–water partition coefficient (Wildman–Crippen LogP) is 2.68. The number of hydrogen-bond acceptors (Lipinski definition) is 4. The van der Waals surface area contributed by atoms with E-state index in [1.54, 1.807) is 12.1 Å². The van der Waals surface area contributed by atoms with Gasteiger partial charge in [-0.3, -0.25) is 4.79 Å². The van der Waals surface area contributed by atoms with Crippen molar-refractivity contribution in [2.75, 3.05) is 0 Å². The molecule has 0 radical (unpaired) electrons. The minimum atomic E-state index is -4.02. The lowest BCUT2D eigenvalue weighted by atomic mass is 9.94. The molecule has 1 amide bonds. The van der Waals surface area contributed by atoms with Gasteiger partial charge in [-0.2, -0.15) is 4.72 Å². The van der Waals surface area contributed by atoms with Crippen molar-refractivity contribution in [2.24, 2.45) is 5.73 Å². The summed E-state index contributed by atoms with van der Waals surface area (Å²) in [5.74, 6) is -0.758. The van der Waals surface area contributed by atoms with Crippen LogP contribution in [0, 0.1) is 0 Å². The lowest BCUT2D eigenvalue weighted by Gasteiger charge is -2.18. The molecule has 1 heterocycles. The van der Waals surface area contributed by atoms with Crippen LogP contribution < -0.4 is 10.5 Å². The number of carbonyl (C=O) groups excluding carboxylic acids is 1. The molecule has 0 aliphatic heterocycles. The fraction of sp³-hybridized carbons (Fsp3) is 0.0909. The molecule has 0 unspecified atom stereocenters. The minimum Gasteiger partial charge on any atom is -0.368 e. The van der Waals surface area contributed by atoms with Crippen LogP contribution >= 0.6 is 0 Å². The number of hydrogen-bond donors (Lipinski definition) is 3. The number of nitrogens with zero attached hydrogens (tertiary/aromatic N) is 1. The first kappa shape index (κ1) is 18.5. The number of nitrogens with one attached hydrogen (secondary N) is 2. The predicted molar refractivity (Wildman–Crippen MR) is 116 cm³/mol. The first-order chi connectivity index (χ1) is 14.4. The summed E-state index contributed by atoms with van der Waals surface area (Å²) in [5.41, 5.74) is 6.08. The van der Waals surface area contributed by atoms with E-state index < -0.39 is 22.0 Å². The highest BCUT2D eigenvalue weighted by Gasteiger charge is 2.27. The molecular formula is C22H18N4O3S. The minimum absolute atomic E-state index is 0.0837. The molecule has 1 atom stereocenters. The van der Waals surface area contributed by atoms with Crippen molar-refractivity contribution in [1.29, 1.82) is 0 Å². The van der Waals surface area contributed by atoms with Gasteiger partial charge in [-0.15, -0.1) is 0 Å². The fourth-order valence-corrected chi connectivity index (χ4v) is 5.42. The maximum atomic E-state index is 13.3. The van der Waals surface area contributed by atoms with Crippen LogP contribution in [0.2, 0.25) is 0 Å². The molecule has 4 N–H and O–H groups in total. The lowest BCUT2D eigenvalue weighted by molar-refractivity contribution is -0.119. The summed E-state index contributed by atoms with van der Waals surface area (Å²) < 4.78 is 29.0. The molecule has 0 fully saturated rings. The number of nitrogens with two attached hydrogens (primary N) is 1. The second kappa shape index (κ2) is 6.79. The Hall–Kier alpha value is -3.49. The molecule has 0 saturated carbocycles. The molecule has 0 aliphatic carbocycles. The van der Waals surface area contributed by atoms with Crippen LogP contribution in [0.3, 0.4) is 0 Å². The van der Waals surface area contributed by atoms with E-state index in [1.165, 1.54) is 12.5 Å². The second-order valence-corrected chi connectivity index (χ2v) is 8.96. The Labute approximate surface area is 172 Å². The van der Waals surface area contributed by atoms with E-state index in [0.29, 0.717) is 11.1 Å². The van der Waals surface area contributed by atoms with E-state index in [4.69, 9.17) is 5.73 Å². The molecule has 4 aromatic carbocycles. The highest BCUT2D eigenvalue weighted by molar-refractivity contribution is 7.89. The van der Waals surface area contributed by atoms with Crippen molar-refractivity contribution in [3.63, 3.8) is 0 Å². The normalized spacial score (nSPS) is 13.3. The number of sulfonamides is 1. The molecule has 0 saturated heterocycles. The van der Waals surface area contributed by atoms with Gasteiger partial charge < -0.3 is 10.7 Å². The first-order valence-corrected chi connectivity index (χ1v) is 10.9. The second-order valence-electron chi connectivity index (χ2n) is 7.28. The standard InChI is InChI=1S/C22H18N4O3S/c23-22(27)18(10-16-11-24-12-25-16)26-30(28,29)19-9-7-15-5-4-13-2-1-3-14-6-8-17(19)21(15)20(13)14/h1-9,11-12,18,26H,10H2,(H2,23,27)(H,24,25)/t18-/m0/s1. The molecule has 30 heavy (non-hydrogen) atoms. The highest BCUT2D eigenvalue weighted by Crippen LogP contribution is 2.37. The van der Waals surface area contributed by atoms with Crippen molar-refractivity contribution in [3.05, 3.63) is 72.8 Å². The van der Waals surface area contributed by atoms with E-state index in [0.717, 1.165) is 26.9 Å². The van der Waals surface area contributed by atoms with Crippen LogP contribution in [-0.2, 0) is 21.2 Å². The van der Waals surface area contributed by atoms with E-state index in [-0.39, 0.29) is 11.3 Å². The molecule has 0 spiro atoms. The Morgan fingerprint density at radius 1 is 1.00 bits per heavy atom. The van der Waals surface area contributed by atoms with Gasteiger partial charge in [-0.1, -0.05) is 48.5 Å². The Bertz CT molecular complexity index is 1480. The molecule has 0 bridgehead atoms.